The minimum atomic E-state index is -1.27. The number of hydrogen-bond donors (Lipinski definition) is 3. The predicted molar refractivity (Wildman–Crippen MR) is 84.2 cm³/mol. The zero-order chi connectivity index (χ0) is 17.7. The standard InChI is InChI=1S/C16H20F2N4O2/c1-16(24,11-8-21-22(2)9-11)10-20-15(23)19-7-6-12-13(17)4-3-5-14(12)18/h3-5,8-9,24H,6-7,10H2,1-2H3,(H2,19,20,23). The average molecular weight is 338 g/mol. The number of aromatic nitrogens is 2. The van der Waals surface area contributed by atoms with Crippen LogP contribution in [0.15, 0.2) is 30.6 Å². The van der Waals surface area contributed by atoms with Gasteiger partial charge in [-0.1, -0.05) is 6.07 Å². The molecule has 0 fully saturated rings. The second kappa shape index (κ2) is 7.39. The Morgan fingerprint density at radius 3 is 2.58 bits per heavy atom. The van der Waals surface area contributed by atoms with Gasteiger partial charge < -0.3 is 15.7 Å². The number of rotatable bonds is 6. The van der Waals surface area contributed by atoms with Crippen LogP contribution in [-0.2, 0) is 19.1 Å². The summed E-state index contributed by atoms with van der Waals surface area (Å²) in [5.41, 5.74) is -0.776. The van der Waals surface area contributed by atoms with Gasteiger partial charge in [-0.2, -0.15) is 5.10 Å². The number of carbonyl (C=O) groups excluding carboxylic acids is 1. The lowest BCUT2D eigenvalue weighted by Gasteiger charge is -2.22. The zero-order valence-corrected chi connectivity index (χ0v) is 13.5. The molecular formula is C16H20F2N4O2. The average Bonchev–Trinajstić information content (AvgIpc) is 2.96. The van der Waals surface area contributed by atoms with Gasteiger partial charge in [0.15, 0.2) is 0 Å². The van der Waals surface area contributed by atoms with Crippen molar-refractivity contribution in [3.8, 4) is 0 Å². The summed E-state index contributed by atoms with van der Waals surface area (Å²) in [6, 6.07) is 3.10. The van der Waals surface area contributed by atoms with Crippen LogP contribution < -0.4 is 10.6 Å². The molecule has 2 amide bonds. The highest BCUT2D eigenvalue weighted by Gasteiger charge is 2.25. The van der Waals surface area contributed by atoms with Crippen LogP contribution in [0.4, 0.5) is 13.6 Å². The van der Waals surface area contributed by atoms with Crippen molar-refractivity contribution in [1.82, 2.24) is 20.4 Å². The van der Waals surface area contributed by atoms with Crippen LogP contribution in [0.1, 0.15) is 18.1 Å². The number of benzene rings is 1. The van der Waals surface area contributed by atoms with Gasteiger partial charge in [-0.3, -0.25) is 4.68 Å². The maximum absolute atomic E-state index is 13.5. The Labute approximate surface area is 138 Å². The van der Waals surface area contributed by atoms with E-state index in [4.69, 9.17) is 0 Å². The molecule has 0 saturated heterocycles. The Kier molecular flexibility index (Phi) is 5.50. The first-order chi connectivity index (χ1) is 11.3. The summed E-state index contributed by atoms with van der Waals surface area (Å²) in [6.45, 7) is 1.59. The molecule has 1 aromatic carbocycles. The number of urea groups is 1. The summed E-state index contributed by atoms with van der Waals surface area (Å²) < 4.78 is 28.5. The van der Waals surface area contributed by atoms with Gasteiger partial charge in [-0.05, 0) is 25.5 Å². The summed E-state index contributed by atoms with van der Waals surface area (Å²) in [5, 5.41) is 19.3. The smallest absolute Gasteiger partial charge is 0.314 e. The van der Waals surface area contributed by atoms with E-state index in [1.807, 2.05) is 0 Å². The lowest BCUT2D eigenvalue weighted by Crippen LogP contribution is -2.43. The molecule has 1 atom stereocenters. The second-order valence-electron chi connectivity index (χ2n) is 5.74. The molecule has 1 heterocycles. The van der Waals surface area contributed by atoms with Gasteiger partial charge >= 0.3 is 6.03 Å². The van der Waals surface area contributed by atoms with Crippen molar-refractivity contribution in [3.63, 3.8) is 0 Å². The van der Waals surface area contributed by atoms with E-state index in [-0.39, 0.29) is 25.1 Å². The van der Waals surface area contributed by atoms with Gasteiger partial charge in [0.2, 0.25) is 0 Å². The normalized spacial score (nSPS) is 13.4. The summed E-state index contributed by atoms with van der Waals surface area (Å²) >= 11 is 0. The van der Waals surface area contributed by atoms with Crippen LogP contribution in [0.3, 0.4) is 0 Å². The second-order valence-corrected chi connectivity index (χ2v) is 5.74. The van der Waals surface area contributed by atoms with Crippen LogP contribution in [0.2, 0.25) is 0 Å². The minimum Gasteiger partial charge on any atom is -0.383 e. The Morgan fingerprint density at radius 2 is 2.00 bits per heavy atom. The predicted octanol–water partition coefficient (Wildman–Crippen LogP) is 1.45. The Hall–Kier alpha value is -2.48. The molecule has 3 N–H and O–H groups in total. The summed E-state index contributed by atoms with van der Waals surface area (Å²) in [5.74, 6) is -1.28. The minimum absolute atomic E-state index is 0.0292. The summed E-state index contributed by atoms with van der Waals surface area (Å²) in [7, 11) is 1.72. The monoisotopic (exact) mass is 338 g/mol. The van der Waals surface area contributed by atoms with Crippen molar-refractivity contribution in [2.45, 2.75) is 18.9 Å². The number of hydrogen-bond acceptors (Lipinski definition) is 3. The van der Waals surface area contributed by atoms with Gasteiger partial charge in [0, 0.05) is 30.9 Å². The molecule has 2 rings (SSSR count). The molecule has 130 valence electrons. The van der Waals surface area contributed by atoms with E-state index in [1.54, 1.807) is 24.9 Å². The van der Waals surface area contributed by atoms with Crippen LogP contribution in [0.25, 0.3) is 0 Å². The fourth-order valence-corrected chi connectivity index (χ4v) is 2.19. The number of halogens is 2. The lowest BCUT2D eigenvalue weighted by molar-refractivity contribution is 0.0593. The Morgan fingerprint density at radius 1 is 1.33 bits per heavy atom. The van der Waals surface area contributed by atoms with E-state index < -0.39 is 23.3 Å². The number of aryl methyl sites for hydroxylation is 1. The number of carbonyl (C=O) groups is 1. The first-order valence-corrected chi connectivity index (χ1v) is 7.45. The van der Waals surface area contributed by atoms with Crippen molar-refractivity contribution < 1.29 is 18.7 Å². The first kappa shape index (κ1) is 17.9. The molecule has 8 heteroatoms. The van der Waals surface area contributed by atoms with E-state index in [0.29, 0.717) is 5.56 Å². The first-order valence-electron chi connectivity index (χ1n) is 7.45. The zero-order valence-electron chi connectivity index (χ0n) is 13.5. The molecule has 1 aromatic heterocycles. The molecule has 0 spiro atoms. The molecule has 0 aliphatic rings. The molecule has 0 saturated carbocycles. The molecule has 0 bridgehead atoms. The number of aliphatic hydroxyl groups is 1. The van der Waals surface area contributed by atoms with Crippen LogP contribution in [0, 0.1) is 11.6 Å². The van der Waals surface area contributed by atoms with Crippen LogP contribution >= 0.6 is 0 Å². The molecule has 1 unspecified atom stereocenters. The summed E-state index contributed by atoms with van der Waals surface area (Å²) in [6.07, 6.45) is 3.20. The largest absolute Gasteiger partial charge is 0.383 e. The van der Waals surface area contributed by atoms with Crippen molar-refractivity contribution >= 4 is 6.03 Å². The molecule has 2 aromatic rings. The van der Waals surface area contributed by atoms with Gasteiger partial charge in [-0.25, -0.2) is 13.6 Å². The number of nitrogens with zero attached hydrogens (tertiary/aromatic N) is 2. The van der Waals surface area contributed by atoms with E-state index in [0.717, 1.165) is 0 Å². The van der Waals surface area contributed by atoms with Gasteiger partial charge in [0.05, 0.1) is 12.7 Å². The fourth-order valence-electron chi connectivity index (χ4n) is 2.19. The molecular weight excluding hydrogens is 318 g/mol. The van der Waals surface area contributed by atoms with Gasteiger partial charge in [0.1, 0.15) is 17.2 Å². The third-order valence-electron chi connectivity index (χ3n) is 3.64. The quantitative estimate of drug-likeness (QED) is 0.746. The van der Waals surface area contributed by atoms with Gasteiger partial charge in [0.25, 0.3) is 0 Å². The number of nitrogens with one attached hydrogen (secondary N) is 2. The van der Waals surface area contributed by atoms with Crippen molar-refractivity contribution in [2.75, 3.05) is 13.1 Å². The Balaban J connectivity index is 1.79. The van der Waals surface area contributed by atoms with Crippen LogP contribution in [-0.4, -0.2) is 34.0 Å². The molecule has 0 aliphatic carbocycles. The lowest BCUT2D eigenvalue weighted by atomic mass is 10.00. The maximum atomic E-state index is 13.5. The molecule has 6 nitrogen and oxygen atoms in total. The van der Waals surface area contributed by atoms with E-state index in [9.17, 15) is 18.7 Å². The highest BCUT2D eigenvalue weighted by atomic mass is 19.1. The third-order valence-corrected chi connectivity index (χ3v) is 3.64. The third kappa shape index (κ3) is 4.51. The van der Waals surface area contributed by atoms with Crippen molar-refractivity contribution in [3.05, 3.63) is 53.4 Å². The molecule has 0 aliphatic heterocycles. The van der Waals surface area contributed by atoms with Crippen molar-refractivity contribution in [2.24, 2.45) is 7.05 Å². The van der Waals surface area contributed by atoms with E-state index in [1.165, 1.54) is 24.4 Å². The van der Waals surface area contributed by atoms with E-state index in [2.05, 4.69) is 15.7 Å². The maximum Gasteiger partial charge on any atom is 0.314 e. The van der Waals surface area contributed by atoms with E-state index >= 15 is 0 Å². The Bertz CT molecular complexity index is 696. The highest BCUT2D eigenvalue weighted by Crippen LogP contribution is 2.18. The van der Waals surface area contributed by atoms with Crippen molar-refractivity contribution in [1.29, 1.82) is 0 Å². The fraction of sp³-hybridized carbons (Fsp3) is 0.375. The molecule has 24 heavy (non-hydrogen) atoms. The van der Waals surface area contributed by atoms with Gasteiger partial charge in [-0.15, -0.1) is 0 Å². The topological polar surface area (TPSA) is 79.2 Å². The number of amides is 2. The van der Waals surface area contributed by atoms with Crippen LogP contribution in [0.5, 0.6) is 0 Å². The molecule has 0 radical (unpaired) electrons. The highest BCUT2D eigenvalue weighted by molar-refractivity contribution is 5.73. The SMILES string of the molecule is Cn1cc(C(C)(O)CNC(=O)NCCc2c(F)cccc2F)cn1. The summed E-state index contributed by atoms with van der Waals surface area (Å²) in [4.78, 5) is 11.7.